The van der Waals surface area contributed by atoms with Gasteiger partial charge < -0.3 is 24.1 Å². The van der Waals surface area contributed by atoms with Crippen molar-refractivity contribution in [2.45, 2.75) is 57.6 Å². The Labute approximate surface area is 234 Å². The number of hydrogen-bond acceptors (Lipinski definition) is 7. The monoisotopic (exact) mass is 547 g/mol. The molecule has 3 N–H and O–H groups in total. The molecule has 40 heavy (non-hydrogen) atoms. The second-order valence-electron chi connectivity index (χ2n) is 10.5. The van der Waals surface area contributed by atoms with Crippen molar-refractivity contribution in [2.75, 3.05) is 26.2 Å². The van der Waals surface area contributed by atoms with Gasteiger partial charge in [-0.05, 0) is 99.6 Å². The van der Waals surface area contributed by atoms with Gasteiger partial charge in [-0.3, -0.25) is 14.8 Å². The Hall–Kier alpha value is -3.82. The molecular formula is C31H37N3O6. The normalized spacial score (nSPS) is 16.6. The van der Waals surface area contributed by atoms with Crippen LogP contribution in [0.2, 0.25) is 0 Å². The lowest BCUT2D eigenvalue weighted by atomic mass is 10.1. The highest BCUT2D eigenvalue weighted by Gasteiger charge is 2.32. The Morgan fingerprint density at radius 3 is 2.50 bits per heavy atom. The Kier molecular flexibility index (Phi) is 9.03. The van der Waals surface area contributed by atoms with E-state index in [1.165, 1.54) is 12.8 Å². The molecule has 1 aliphatic carbocycles. The first-order chi connectivity index (χ1) is 19.5. The maximum absolute atomic E-state index is 12.4. The first kappa shape index (κ1) is 27.7. The van der Waals surface area contributed by atoms with Gasteiger partial charge in [0.15, 0.2) is 0 Å². The lowest BCUT2D eigenvalue weighted by Crippen LogP contribution is -2.39. The van der Waals surface area contributed by atoms with Crippen LogP contribution < -0.4 is 20.3 Å². The molecule has 2 heterocycles. The van der Waals surface area contributed by atoms with E-state index in [0.29, 0.717) is 30.2 Å². The number of unbranched alkanes of at least 4 members (excludes halogenated alkanes) is 1. The van der Waals surface area contributed by atoms with Gasteiger partial charge in [-0.25, -0.2) is 5.48 Å². The molecular weight excluding hydrogens is 510 g/mol. The van der Waals surface area contributed by atoms with Gasteiger partial charge in [0.05, 0.1) is 6.61 Å². The molecule has 0 atom stereocenters. The number of nitrogens with one attached hydrogen (secondary N) is 2. The van der Waals surface area contributed by atoms with Gasteiger partial charge in [-0.1, -0.05) is 0 Å². The highest BCUT2D eigenvalue weighted by molar-refractivity contribution is 5.95. The number of amides is 2. The van der Waals surface area contributed by atoms with E-state index in [-0.39, 0.29) is 12.0 Å². The zero-order valence-electron chi connectivity index (χ0n) is 22.9. The average molecular weight is 548 g/mol. The van der Waals surface area contributed by atoms with E-state index in [2.05, 4.69) is 10.2 Å². The second kappa shape index (κ2) is 13.0. The molecule has 1 aromatic heterocycles. The number of allylic oxidation sites excluding steroid dienone is 1. The minimum Gasteiger partial charge on any atom is -0.494 e. The number of nitrogens with zero attached hydrogens (tertiary/aromatic N) is 1. The van der Waals surface area contributed by atoms with E-state index in [4.69, 9.17) is 19.1 Å². The summed E-state index contributed by atoms with van der Waals surface area (Å²) in [5.41, 5.74) is 3.46. The number of likely N-dealkylation sites (tertiary alicyclic amines) is 1. The van der Waals surface area contributed by atoms with E-state index < -0.39 is 5.91 Å². The predicted octanol–water partition coefficient (Wildman–Crippen LogP) is 4.94. The Morgan fingerprint density at radius 2 is 1.77 bits per heavy atom. The van der Waals surface area contributed by atoms with Crippen molar-refractivity contribution in [3.8, 4) is 11.5 Å². The second-order valence-corrected chi connectivity index (χ2v) is 10.5. The van der Waals surface area contributed by atoms with Crippen molar-refractivity contribution < 1.29 is 28.7 Å². The third kappa shape index (κ3) is 7.43. The summed E-state index contributed by atoms with van der Waals surface area (Å²) in [6.07, 6.45) is 8.17. The van der Waals surface area contributed by atoms with Crippen molar-refractivity contribution in [1.29, 1.82) is 0 Å². The van der Waals surface area contributed by atoms with E-state index >= 15 is 0 Å². The van der Waals surface area contributed by atoms with Crippen LogP contribution in [0.4, 0.5) is 0 Å². The first-order valence-corrected chi connectivity index (χ1v) is 14.1. The Bertz CT molecular complexity index is 1340. The molecule has 2 aromatic carbocycles. The first-order valence-electron chi connectivity index (χ1n) is 14.1. The summed E-state index contributed by atoms with van der Waals surface area (Å²) in [4.78, 5) is 26.4. The van der Waals surface area contributed by atoms with Crippen molar-refractivity contribution in [3.63, 3.8) is 0 Å². The quantitative estimate of drug-likeness (QED) is 0.127. The van der Waals surface area contributed by atoms with Crippen LogP contribution >= 0.6 is 0 Å². The molecule has 2 aliphatic rings. The zero-order chi connectivity index (χ0) is 27.9. The molecule has 0 unspecified atom stereocenters. The van der Waals surface area contributed by atoms with Crippen LogP contribution in [0, 0.1) is 0 Å². The van der Waals surface area contributed by atoms with Crippen molar-refractivity contribution in [1.82, 2.24) is 15.7 Å². The van der Waals surface area contributed by atoms with Gasteiger partial charge in [0.1, 0.15) is 28.9 Å². The topological polar surface area (TPSA) is 113 Å². The van der Waals surface area contributed by atoms with Crippen molar-refractivity contribution >= 4 is 28.4 Å². The number of fused-ring (bicyclic) bond motifs is 1. The third-order valence-corrected chi connectivity index (χ3v) is 7.42. The number of furan rings is 1. The van der Waals surface area contributed by atoms with Gasteiger partial charge in [0.25, 0.3) is 5.91 Å². The summed E-state index contributed by atoms with van der Waals surface area (Å²) in [6.45, 7) is 5.13. The fourth-order valence-corrected chi connectivity index (χ4v) is 4.99. The summed E-state index contributed by atoms with van der Waals surface area (Å²) in [5.74, 6) is 1.42. The van der Waals surface area contributed by atoms with Gasteiger partial charge in [0, 0.05) is 42.7 Å². The van der Waals surface area contributed by atoms with E-state index in [1.807, 2.05) is 31.2 Å². The number of benzene rings is 2. The molecule has 1 saturated heterocycles. The summed E-state index contributed by atoms with van der Waals surface area (Å²) in [6, 6.07) is 15.2. The molecule has 9 heteroatoms. The van der Waals surface area contributed by atoms with Gasteiger partial charge in [0.2, 0.25) is 5.91 Å². The number of hydroxylamine groups is 1. The Morgan fingerprint density at radius 1 is 1.02 bits per heavy atom. The van der Waals surface area contributed by atoms with Crippen molar-refractivity contribution in [2.24, 2.45) is 0 Å². The number of carbonyl (C=O) groups is 2. The summed E-state index contributed by atoms with van der Waals surface area (Å²) >= 11 is 0. The average Bonchev–Trinajstić information content (AvgIpc) is 3.73. The van der Waals surface area contributed by atoms with E-state index in [9.17, 15) is 9.59 Å². The minimum absolute atomic E-state index is 0.168. The smallest absolute Gasteiger partial charge is 0.274 e. The van der Waals surface area contributed by atoms with Gasteiger partial charge in [-0.15, -0.1) is 0 Å². The minimum atomic E-state index is -0.569. The molecule has 3 aromatic rings. The van der Waals surface area contributed by atoms with E-state index in [1.54, 1.807) is 35.8 Å². The molecule has 9 nitrogen and oxygen atoms in total. The van der Waals surface area contributed by atoms with Crippen LogP contribution in [0.5, 0.6) is 11.5 Å². The fourth-order valence-electron chi connectivity index (χ4n) is 4.99. The largest absolute Gasteiger partial charge is 0.494 e. The molecule has 1 saturated carbocycles. The number of hydrogen-bond donors (Lipinski definition) is 3. The molecule has 0 spiro atoms. The van der Waals surface area contributed by atoms with Crippen LogP contribution in [0.1, 0.15) is 61.6 Å². The van der Waals surface area contributed by atoms with Crippen molar-refractivity contribution in [3.05, 3.63) is 65.9 Å². The lowest BCUT2D eigenvalue weighted by molar-refractivity contribution is -0.116. The molecule has 0 bridgehead atoms. The summed E-state index contributed by atoms with van der Waals surface area (Å²) in [5, 5.41) is 12.5. The van der Waals surface area contributed by atoms with Crippen LogP contribution in [-0.2, 0) is 4.79 Å². The van der Waals surface area contributed by atoms with Gasteiger partial charge in [-0.2, -0.15) is 0 Å². The zero-order valence-corrected chi connectivity index (χ0v) is 22.9. The number of ether oxygens (including phenoxy) is 2. The molecule has 1 aliphatic heterocycles. The fraction of sp³-hybridized carbons (Fsp3) is 0.419. The molecule has 2 amide bonds. The van der Waals surface area contributed by atoms with Crippen LogP contribution in [0.15, 0.2) is 59.0 Å². The molecule has 212 valence electrons. The van der Waals surface area contributed by atoms with E-state index in [0.717, 1.165) is 67.1 Å². The number of piperidine rings is 1. The number of rotatable bonds is 12. The predicted molar refractivity (Wildman–Crippen MR) is 152 cm³/mol. The van der Waals surface area contributed by atoms with Crippen LogP contribution in [-0.4, -0.2) is 60.3 Å². The van der Waals surface area contributed by atoms with Crippen LogP contribution in [0.25, 0.3) is 16.5 Å². The maximum Gasteiger partial charge on any atom is 0.274 e. The molecule has 0 radical (unpaired) electrons. The standard InChI is InChI=1S/C31H37N3O6/c1-21(18-30(35)32-14-2-3-17-38-25-8-4-22(5-9-25)31(36)33-37)29-20-23-19-27(10-11-28(23)40-29)39-26-12-15-34(16-13-26)24-6-7-24/h4-5,8-11,18-20,24,26,37H,2-3,6-7,12-17H2,1H3,(H,32,35)(H,33,36)/b21-18-. The summed E-state index contributed by atoms with van der Waals surface area (Å²) < 4.78 is 17.9. The van der Waals surface area contributed by atoms with Gasteiger partial charge >= 0.3 is 0 Å². The highest BCUT2D eigenvalue weighted by Crippen LogP contribution is 2.32. The molecule has 2 fully saturated rings. The highest BCUT2D eigenvalue weighted by atomic mass is 16.5. The van der Waals surface area contributed by atoms with Crippen LogP contribution in [0.3, 0.4) is 0 Å². The third-order valence-electron chi connectivity index (χ3n) is 7.42. The Balaban J connectivity index is 1.03. The molecule has 5 rings (SSSR count). The lowest BCUT2D eigenvalue weighted by Gasteiger charge is -2.32. The summed E-state index contributed by atoms with van der Waals surface area (Å²) in [7, 11) is 0. The maximum atomic E-state index is 12.4. The number of carbonyl (C=O) groups excluding carboxylic acids is 2. The SMILES string of the molecule is C/C(=C/C(=O)NCCCCOc1ccc(C(=O)NO)cc1)c1cc2cc(OC3CCN(C4CC4)CC3)ccc2o1.